The molecule has 0 radical (unpaired) electrons. The minimum Gasteiger partial charge on any atom is -0.396 e. The molecule has 1 saturated heterocycles. The van der Waals surface area contributed by atoms with E-state index in [0.717, 1.165) is 45.3 Å². The number of hydrogen-bond acceptors (Lipinski definition) is 3. The van der Waals surface area contributed by atoms with Gasteiger partial charge in [0.2, 0.25) is 0 Å². The van der Waals surface area contributed by atoms with Gasteiger partial charge in [-0.15, -0.1) is 0 Å². The lowest BCUT2D eigenvalue weighted by atomic mass is 10.2. The Kier molecular flexibility index (Phi) is 8.40. The van der Waals surface area contributed by atoms with Crippen LogP contribution in [0.3, 0.4) is 0 Å². The normalized spacial score (nSPS) is 21.7. The predicted octanol–water partition coefficient (Wildman–Crippen LogP) is 2.64. The van der Waals surface area contributed by atoms with Crippen molar-refractivity contribution in [1.82, 2.24) is 0 Å². The third kappa shape index (κ3) is 6.99. The van der Waals surface area contributed by atoms with E-state index in [1.54, 1.807) is 0 Å². The number of aliphatic hydroxyl groups is 1. The largest absolute Gasteiger partial charge is 0.396 e. The summed E-state index contributed by atoms with van der Waals surface area (Å²) in [7, 11) is 0. The van der Waals surface area contributed by atoms with E-state index in [0.29, 0.717) is 0 Å². The monoisotopic (exact) mass is 228 g/mol. The minimum absolute atomic E-state index is 0.0543. The molecule has 0 aromatic heterocycles. The minimum atomic E-state index is 0.0543. The van der Waals surface area contributed by atoms with E-state index in [4.69, 9.17) is 14.6 Å². The van der Waals surface area contributed by atoms with E-state index in [1.165, 1.54) is 12.8 Å². The topological polar surface area (TPSA) is 38.7 Å². The zero-order valence-corrected chi connectivity index (χ0v) is 10.1. The second-order valence-corrected chi connectivity index (χ2v) is 4.15. The third-order valence-electron chi connectivity index (χ3n) is 2.67. The molecule has 1 aliphatic rings. The quantitative estimate of drug-likeness (QED) is 0.512. The molecule has 1 atom stereocenters. The summed E-state index contributed by atoms with van der Waals surface area (Å²) in [6.07, 6.45) is 11.8. The fraction of sp³-hybridized carbons (Fsp3) is 0.846. The summed E-state index contributed by atoms with van der Waals surface area (Å²) in [5.74, 6) is 0. The van der Waals surface area contributed by atoms with Gasteiger partial charge in [0.05, 0.1) is 0 Å². The molecule has 94 valence electrons. The van der Waals surface area contributed by atoms with Crippen LogP contribution in [0.4, 0.5) is 0 Å². The van der Waals surface area contributed by atoms with Gasteiger partial charge in [-0.1, -0.05) is 12.2 Å². The van der Waals surface area contributed by atoms with Crippen LogP contribution < -0.4 is 0 Å². The lowest BCUT2D eigenvalue weighted by molar-refractivity contribution is -0.162. The molecule has 1 fully saturated rings. The average Bonchev–Trinajstić information content (AvgIpc) is 2.34. The molecule has 0 saturated carbocycles. The van der Waals surface area contributed by atoms with Crippen LogP contribution in [0.25, 0.3) is 0 Å². The summed E-state index contributed by atoms with van der Waals surface area (Å²) in [4.78, 5) is 0. The second-order valence-electron chi connectivity index (χ2n) is 4.15. The van der Waals surface area contributed by atoms with E-state index < -0.39 is 0 Å². The van der Waals surface area contributed by atoms with Gasteiger partial charge in [-0.25, -0.2) is 0 Å². The van der Waals surface area contributed by atoms with Crippen molar-refractivity contribution in [2.75, 3.05) is 19.8 Å². The SMILES string of the molecule is OCC/C=C/CCCCO[C@H]1CCCCO1. The molecule has 0 aromatic rings. The van der Waals surface area contributed by atoms with Gasteiger partial charge in [-0.3, -0.25) is 0 Å². The maximum Gasteiger partial charge on any atom is 0.157 e. The van der Waals surface area contributed by atoms with Crippen LogP contribution in [0.5, 0.6) is 0 Å². The lowest BCUT2D eigenvalue weighted by Crippen LogP contribution is -2.22. The van der Waals surface area contributed by atoms with Crippen LogP contribution in [0.2, 0.25) is 0 Å². The summed E-state index contributed by atoms with van der Waals surface area (Å²) >= 11 is 0. The standard InChI is InChI=1S/C13H24O3/c14-10-6-3-1-2-4-7-11-15-13-9-5-8-12-16-13/h1,3,13-14H,2,4-12H2/b3-1+/t13-/m1/s1. The second kappa shape index (κ2) is 9.82. The zero-order chi connectivity index (χ0) is 11.5. The Morgan fingerprint density at radius 1 is 1.19 bits per heavy atom. The van der Waals surface area contributed by atoms with Crippen molar-refractivity contribution < 1.29 is 14.6 Å². The molecule has 3 nitrogen and oxygen atoms in total. The van der Waals surface area contributed by atoms with Crippen molar-refractivity contribution in [1.29, 1.82) is 0 Å². The highest BCUT2D eigenvalue weighted by Crippen LogP contribution is 2.14. The molecule has 0 amide bonds. The predicted molar refractivity (Wildman–Crippen MR) is 64.2 cm³/mol. The fourth-order valence-electron chi connectivity index (χ4n) is 1.73. The summed E-state index contributed by atoms with van der Waals surface area (Å²) in [5, 5.41) is 8.57. The van der Waals surface area contributed by atoms with Gasteiger partial charge in [0.15, 0.2) is 6.29 Å². The third-order valence-corrected chi connectivity index (χ3v) is 2.67. The number of allylic oxidation sites excluding steroid dienone is 1. The van der Waals surface area contributed by atoms with Crippen LogP contribution >= 0.6 is 0 Å². The highest BCUT2D eigenvalue weighted by atomic mass is 16.7. The molecule has 0 aliphatic carbocycles. The van der Waals surface area contributed by atoms with Crippen molar-refractivity contribution >= 4 is 0 Å². The van der Waals surface area contributed by atoms with Crippen molar-refractivity contribution in [2.45, 2.75) is 51.2 Å². The van der Waals surface area contributed by atoms with Gasteiger partial charge in [-0.05, 0) is 44.9 Å². The van der Waals surface area contributed by atoms with E-state index in [9.17, 15) is 0 Å². The molecule has 0 spiro atoms. The molecule has 1 rings (SSSR count). The molecule has 1 N–H and O–H groups in total. The maximum absolute atomic E-state index is 8.57. The first kappa shape index (κ1) is 13.7. The van der Waals surface area contributed by atoms with Crippen molar-refractivity contribution in [3.05, 3.63) is 12.2 Å². The van der Waals surface area contributed by atoms with E-state index in [2.05, 4.69) is 6.08 Å². The van der Waals surface area contributed by atoms with Gasteiger partial charge in [0, 0.05) is 19.8 Å². The molecule has 0 aromatic carbocycles. The molecule has 0 unspecified atom stereocenters. The van der Waals surface area contributed by atoms with Crippen LogP contribution in [0.1, 0.15) is 44.9 Å². The number of aliphatic hydroxyl groups excluding tert-OH is 1. The van der Waals surface area contributed by atoms with Crippen LogP contribution in [0.15, 0.2) is 12.2 Å². The van der Waals surface area contributed by atoms with E-state index in [-0.39, 0.29) is 12.9 Å². The molecular formula is C13H24O3. The van der Waals surface area contributed by atoms with Gasteiger partial charge in [0.25, 0.3) is 0 Å². The smallest absolute Gasteiger partial charge is 0.157 e. The van der Waals surface area contributed by atoms with Gasteiger partial charge in [0.1, 0.15) is 0 Å². The van der Waals surface area contributed by atoms with E-state index in [1.807, 2.05) is 6.08 Å². The first-order valence-electron chi connectivity index (χ1n) is 6.42. The summed E-state index contributed by atoms with van der Waals surface area (Å²) in [5.41, 5.74) is 0. The van der Waals surface area contributed by atoms with Gasteiger partial charge < -0.3 is 14.6 Å². The number of unbranched alkanes of at least 4 members (excludes halogenated alkanes) is 2. The van der Waals surface area contributed by atoms with E-state index >= 15 is 0 Å². The fourth-order valence-corrected chi connectivity index (χ4v) is 1.73. The van der Waals surface area contributed by atoms with Gasteiger partial charge >= 0.3 is 0 Å². The Morgan fingerprint density at radius 2 is 2.06 bits per heavy atom. The first-order valence-corrected chi connectivity index (χ1v) is 6.42. The Morgan fingerprint density at radius 3 is 2.81 bits per heavy atom. The molecule has 16 heavy (non-hydrogen) atoms. The Balaban J connectivity index is 1.83. The maximum atomic E-state index is 8.57. The highest BCUT2D eigenvalue weighted by molar-refractivity contribution is 4.80. The van der Waals surface area contributed by atoms with Crippen LogP contribution in [0, 0.1) is 0 Å². The first-order chi connectivity index (χ1) is 7.93. The highest BCUT2D eigenvalue weighted by Gasteiger charge is 2.12. The Labute approximate surface area is 98.4 Å². The van der Waals surface area contributed by atoms with Crippen molar-refractivity contribution in [2.24, 2.45) is 0 Å². The summed E-state index contributed by atoms with van der Waals surface area (Å²) < 4.78 is 11.1. The van der Waals surface area contributed by atoms with Crippen LogP contribution in [-0.4, -0.2) is 31.2 Å². The summed E-state index contributed by atoms with van der Waals surface area (Å²) in [6.45, 7) is 1.91. The molecule has 0 bridgehead atoms. The average molecular weight is 228 g/mol. The Bertz CT molecular complexity index is 174. The van der Waals surface area contributed by atoms with Crippen molar-refractivity contribution in [3.63, 3.8) is 0 Å². The van der Waals surface area contributed by atoms with Gasteiger partial charge in [-0.2, -0.15) is 0 Å². The van der Waals surface area contributed by atoms with Crippen LogP contribution in [-0.2, 0) is 9.47 Å². The number of rotatable bonds is 8. The molecule has 1 aliphatic heterocycles. The Hall–Kier alpha value is -0.380. The lowest BCUT2D eigenvalue weighted by Gasteiger charge is -2.22. The molecule has 3 heteroatoms. The number of ether oxygens (including phenoxy) is 2. The van der Waals surface area contributed by atoms with Crippen molar-refractivity contribution in [3.8, 4) is 0 Å². The zero-order valence-electron chi connectivity index (χ0n) is 10.1. The summed E-state index contributed by atoms with van der Waals surface area (Å²) in [6, 6.07) is 0. The molecular weight excluding hydrogens is 204 g/mol. The number of hydrogen-bond donors (Lipinski definition) is 1. The molecule has 1 heterocycles.